The Morgan fingerprint density at radius 2 is 1.42 bits per heavy atom. The number of hydrogen-bond donors (Lipinski definition) is 7. The highest BCUT2D eigenvalue weighted by Gasteiger charge is 2.65. The summed E-state index contributed by atoms with van der Waals surface area (Å²) in [4.78, 5) is 64.1. The van der Waals surface area contributed by atoms with E-state index in [2.05, 4.69) is 36.7 Å². The van der Waals surface area contributed by atoms with Crippen molar-refractivity contribution in [2.24, 2.45) is 16.1 Å². The van der Waals surface area contributed by atoms with Crippen LogP contribution in [0.3, 0.4) is 0 Å². The van der Waals surface area contributed by atoms with Gasteiger partial charge in [0, 0.05) is 76.9 Å². The van der Waals surface area contributed by atoms with Crippen LogP contribution in [0.2, 0.25) is 0 Å². The molecule has 7 N–H and O–H groups in total. The van der Waals surface area contributed by atoms with Gasteiger partial charge in [0.2, 0.25) is 31.0 Å². The zero-order chi connectivity index (χ0) is 51.4. The third-order valence-corrected chi connectivity index (χ3v) is 12.6. The number of phenols is 1. The van der Waals surface area contributed by atoms with E-state index in [0.29, 0.717) is 50.3 Å². The standard InChI is InChI=1S/C46H57F3N7O12P/c1-2-41(59)50-18-6-20-65-22-24-67-25-23-66-21-7-19-51-43(61)40(29-57)53-44(62)39(26-31-10-16-35(58)17-11-31)52-42(60)33(30-69(63,64)37-8-4-3-5-9-37)27-36-28-38(54-68-36)32-12-14-34(15-13-32)45(55-56-45)46(47,48)49/h3-5,8-17,28,33,39-40,57-58H,2,6-7,18-27,29-30H2,1H3,(H,50,59)(H,51,61)(H,52,60)(H,53,62)(H,63,64)/t33?,39-,40-/m0/s1/i1T,2T/t2?,33?,39-,40-. The lowest BCUT2D eigenvalue weighted by Crippen LogP contribution is -2.56. The third-order valence-electron chi connectivity index (χ3n) is 10.6. The fourth-order valence-corrected chi connectivity index (χ4v) is 8.49. The molecule has 0 bridgehead atoms. The Morgan fingerprint density at radius 3 is 2.01 bits per heavy atom. The van der Waals surface area contributed by atoms with Crippen LogP contribution in [0, 0.1) is 5.92 Å². The number of hydrogen-bond acceptors (Lipinski definition) is 14. The van der Waals surface area contributed by atoms with Gasteiger partial charge in [-0.05, 0) is 42.7 Å². The van der Waals surface area contributed by atoms with Crippen molar-refractivity contribution in [3.8, 4) is 17.0 Å². The van der Waals surface area contributed by atoms with Crippen molar-refractivity contribution < 1.29 is 73.5 Å². The van der Waals surface area contributed by atoms with E-state index in [0.717, 1.165) is 0 Å². The molecule has 23 heteroatoms. The lowest BCUT2D eigenvalue weighted by atomic mass is 9.99. The van der Waals surface area contributed by atoms with Crippen LogP contribution in [-0.4, -0.2) is 128 Å². The Hall–Kier alpha value is -6.03. The number of ether oxygens (including phenoxy) is 3. The van der Waals surface area contributed by atoms with Gasteiger partial charge in [0.1, 0.15) is 29.3 Å². The molecule has 19 nitrogen and oxygen atoms in total. The number of aromatic nitrogens is 1. The van der Waals surface area contributed by atoms with E-state index in [1.807, 2.05) is 0 Å². The van der Waals surface area contributed by atoms with Crippen LogP contribution in [0.1, 0.15) is 45.8 Å². The second-order valence-corrected chi connectivity index (χ2v) is 18.0. The number of alkyl halides is 3. The Morgan fingerprint density at radius 1 is 0.812 bits per heavy atom. The highest BCUT2D eigenvalue weighted by Crippen LogP contribution is 2.52. The van der Waals surface area contributed by atoms with E-state index in [1.54, 1.807) is 18.2 Å². The van der Waals surface area contributed by atoms with E-state index in [4.69, 9.17) is 21.5 Å². The molecule has 5 atom stereocenters. The summed E-state index contributed by atoms with van der Waals surface area (Å²) in [7, 11) is -4.27. The topological polar surface area (TPSA) is 273 Å². The predicted octanol–water partition coefficient (Wildman–Crippen LogP) is 3.66. The molecule has 0 saturated carbocycles. The molecule has 1 aliphatic heterocycles. The summed E-state index contributed by atoms with van der Waals surface area (Å²) in [5.74, 6) is -4.33. The van der Waals surface area contributed by atoms with Gasteiger partial charge in [0.15, 0.2) is 0 Å². The summed E-state index contributed by atoms with van der Waals surface area (Å²) in [6.07, 6.45) is -6.05. The quantitative estimate of drug-likeness (QED) is 0.0291. The zero-order valence-electron chi connectivity index (χ0n) is 39.4. The molecular weight excluding hydrogens is 931 g/mol. The first kappa shape index (κ1) is 50.8. The van der Waals surface area contributed by atoms with E-state index >= 15 is 0 Å². The molecule has 0 spiro atoms. The average Bonchev–Trinajstić information content (AvgIpc) is 4.07. The summed E-state index contributed by atoms with van der Waals surface area (Å²) in [5, 5.41) is 40.8. The molecule has 1 aliphatic rings. The average molecular weight is 992 g/mol. The van der Waals surface area contributed by atoms with Gasteiger partial charge in [0.25, 0.3) is 0 Å². The summed E-state index contributed by atoms with van der Waals surface area (Å²) in [5.41, 5.74) is -1.83. The van der Waals surface area contributed by atoms with Gasteiger partial charge in [-0.25, -0.2) is 0 Å². The van der Waals surface area contributed by atoms with Crippen molar-refractivity contribution in [3.05, 3.63) is 102 Å². The summed E-state index contributed by atoms with van der Waals surface area (Å²) in [6, 6.07) is 17.0. The van der Waals surface area contributed by atoms with Crippen LogP contribution in [-0.2, 0) is 56.5 Å². The Kier molecular flexibility index (Phi) is 19.2. The summed E-state index contributed by atoms with van der Waals surface area (Å²) in [6.45, 7) is 1.14. The first-order valence-corrected chi connectivity index (χ1v) is 23.7. The second-order valence-electron chi connectivity index (χ2n) is 15.8. The molecule has 2 heterocycles. The van der Waals surface area contributed by atoms with Crippen LogP contribution in [0.5, 0.6) is 5.75 Å². The Labute approximate surface area is 398 Å². The van der Waals surface area contributed by atoms with Crippen LogP contribution < -0.4 is 26.6 Å². The Balaban J connectivity index is 1.15. The number of halogens is 3. The number of nitrogens with one attached hydrogen (secondary N) is 4. The van der Waals surface area contributed by atoms with E-state index in [9.17, 15) is 52.0 Å². The van der Waals surface area contributed by atoms with Gasteiger partial charge in [-0.3, -0.25) is 23.7 Å². The summed E-state index contributed by atoms with van der Waals surface area (Å²) < 4.78 is 90.9. The number of rotatable bonds is 30. The summed E-state index contributed by atoms with van der Waals surface area (Å²) >= 11 is 0. The molecule has 69 heavy (non-hydrogen) atoms. The van der Waals surface area contributed by atoms with Gasteiger partial charge >= 0.3 is 11.8 Å². The first-order valence-electron chi connectivity index (χ1n) is 23.2. The van der Waals surface area contributed by atoms with E-state index in [1.165, 1.54) is 66.7 Å². The monoisotopic (exact) mass is 991 g/mol. The molecule has 4 aromatic rings. The van der Waals surface area contributed by atoms with Crippen molar-refractivity contribution in [2.45, 2.75) is 62.9 Å². The molecule has 0 saturated heterocycles. The van der Waals surface area contributed by atoms with Gasteiger partial charge < -0.3 is 55.1 Å². The maximum atomic E-state index is 14.3. The number of phenolic OH excluding ortho intramolecular Hbond substituents is 1. The van der Waals surface area contributed by atoms with Gasteiger partial charge in [-0.15, -0.1) is 10.2 Å². The van der Waals surface area contributed by atoms with Crippen molar-refractivity contribution in [3.63, 3.8) is 0 Å². The van der Waals surface area contributed by atoms with Crippen LogP contribution in [0.25, 0.3) is 11.3 Å². The molecule has 0 radical (unpaired) electrons. The van der Waals surface area contributed by atoms with Gasteiger partial charge in [0.05, 0.1) is 39.0 Å². The number of aliphatic hydroxyl groups excluding tert-OH is 1. The normalized spacial score (nSPS) is 15.9. The molecule has 3 aromatic carbocycles. The van der Waals surface area contributed by atoms with Crippen molar-refractivity contribution in [1.82, 2.24) is 26.4 Å². The smallest absolute Gasteiger partial charge is 0.442 e. The number of carbonyl (C=O) groups excluding carboxylic acids is 4. The maximum absolute atomic E-state index is 14.3. The lowest BCUT2D eigenvalue weighted by Gasteiger charge is -2.25. The van der Waals surface area contributed by atoms with Crippen molar-refractivity contribution in [2.75, 3.05) is 65.5 Å². The van der Waals surface area contributed by atoms with Gasteiger partial charge in [-0.1, -0.05) is 66.7 Å². The highest BCUT2D eigenvalue weighted by molar-refractivity contribution is 7.66. The Bertz CT molecular complexity index is 2420. The number of amides is 4. The fourth-order valence-electron chi connectivity index (χ4n) is 6.75. The number of aliphatic hydroxyl groups is 1. The third kappa shape index (κ3) is 16.6. The van der Waals surface area contributed by atoms with Crippen molar-refractivity contribution in [1.29, 1.82) is 0 Å². The largest absolute Gasteiger partial charge is 0.508 e. The molecule has 4 amide bonds. The lowest BCUT2D eigenvalue weighted by molar-refractivity contribution is -0.166. The van der Waals surface area contributed by atoms with Crippen LogP contribution in [0.15, 0.2) is 99.7 Å². The van der Waals surface area contributed by atoms with Crippen LogP contribution >= 0.6 is 7.37 Å². The van der Waals surface area contributed by atoms with Gasteiger partial charge in [-0.2, -0.15) is 13.2 Å². The number of benzene rings is 3. The zero-order valence-corrected chi connectivity index (χ0v) is 38.3. The minimum Gasteiger partial charge on any atom is -0.508 e. The van der Waals surface area contributed by atoms with Crippen molar-refractivity contribution >= 4 is 36.3 Å². The molecule has 0 fully saturated rings. The minimum atomic E-state index is -4.73. The number of nitrogens with zero attached hydrogens (tertiary/aromatic N) is 3. The molecular formula is C46H57F3N7O12P. The number of carbonyl (C=O) groups is 4. The first-order chi connectivity index (χ1) is 34.0. The molecule has 374 valence electrons. The molecule has 0 aliphatic carbocycles. The SMILES string of the molecule is [3H]CC([3H])C(=O)NCCCOCCOCCOCCCNC(=O)[C@H](CO)NC(=O)[C@H](Cc1ccc(O)cc1)NC(=O)C(Cc1cc(-c2ccc(C3(C(F)(F)F)N=N3)cc2)no1)CP(=O)(O)c1ccccc1. The molecule has 5 rings (SSSR count). The highest BCUT2D eigenvalue weighted by atomic mass is 31.2. The van der Waals surface area contributed by atoms with E-state index in [-0.39, 0.29) is 74.2 Å². The number of aromatic hydroxyl groups is 1. The fraction of sp³-hybridized carbons (Fsp3) is 0.457. The van der Waals surface area contributed by atoms with Crippen LogP contribution in [0.4, 0.5) is 13.2 Å². The molecule has 1 aromatic heterocycles. The minimum absolute atomic E-state index is 0.0518. The maximum Gasteiger partial charge on any atom is 0.442 e. The van der Waals surface area contributed by atoms with E-state index < -0.39 is 80.0 Å². The molecule has 3 unspecified atom stereocenters. The predicted molar refractivity (Wildman–Crippen MR) is 243 cm³/mol. The second kappa shape index (κ2) is 26.1.